The highest BCUT2D eigenvalue weighted by Gasteiger charge is 2.27. The van der Waals surface area contributed by atoms with Gasteiger partial charge in [-0.2, -0.15) is 9.36 Å². The van der Waals surface area contributed by atoms with Crippen molar-refractivity contribution in [3.63, 3.8) is 0 Å². The van der Waals surface area contributed by atoms with Crippen LogP contribution in [0.3, 0.4) is 0 Å². The predicted octanol–water partition coefficient (Wildman–Crippen LogP) is 1.06. The number of benzene rings is 1. The lowest BCUT2D eigenvalue weighted by Gasteiger charge is -2.29. The average molecular weight is 353 g/mol. The second-order valence-electron chi connectivity index (χ2n) is 5.54. The van der Waals surface area contributed by atoms with Gasteiger partial charge in [0.15, 0.2) is 12.4 Å². The highest BCUT2D eigenvalue weighted by molar-refractivity contribution is 5.98. The minimum atomic E-state index is -0.732. The fraction of sp³-hybridized carbons (Fsp3) is 0.467. The molecule has 1 aromatic carbocycles. The molecule has 1 aliphatic rings. The quantitative estimate of drug-likeness (QED) is 0.776. The molecule has 25 heavy (non-hydrogen) atoms. The molecule has 1 aromatic heterocycles. The lowest BCUT2D eigenvalue weighted by Crippen LogP contribution is -2.39. The van der Waals surface area contributed by atoms with Crippen molar-refractivity contribution >= 4 is 11.6 Å². The van der Waals surface area contributed by atoms with E-state index in [0.29, 0.717) is 18.7 Å². The Morgan fingerprint density at radius 3 is 2.72 bits per heavy atom. The van der Waals surface area contributed by atoms with Crippen LogP contribution >= 0.6 is 0 Å². The van der Waals surface area contributed by atoms with E-state index in [9.17, 15) is 18.4 Å². The van der Waals surface area contributed by atoms with Crippen LogP contribution in [0, 0.1) is 5.82 Å². The maximum Gasteiger partial charge on any atom is 0.368 e. The second kappa shape index (κ2) is 6.99. The summed E-state index contributed by atoms with van der Waals surface area (Å²) < 4.78 is 33.7. The van der Waals surface area contributed by atoms with Crippen LogP contribution in [0.25, 0.3) is 5.69 Å². The van der Waals surface area contributed by atoms with Crippen molar-refractivity contribution in [2.45, 2.75) is 26.3 Å². The van der Waals surface area contributed by atoms with Crippen molar-refractivity contribution in [1.82, 2.24) is 19.8 Å². The van der Waals surface area contributed by atoms with E-state index < -0.39 is 18.2 Å². The van der Waals surface area contributed by atoms with Crippen LogP contribution in [0.4, 0.5) is 14.5 Å². The van der Waals surface area contributed by atoms with E-state index in [2.05, 4.69) is 10.4 Å². The Labute approximate surface area is 141 Å². The molecule has 0 N–H and O–H groups in total. The Morgan fingerprint density at radius 1 is 1.20 bits per heavy atom. The number of alkyl halides is 1. The second-order valence-corrected chi connectivity index (χ2v) is 5.54. The summed E-state index contributed by atoms with van der Waals surface area (Å²) in [5.41, 5.74) is -0.452. The molecule has 2 aromatic rings. The Balaban J connectivity index is 2.05. The molecular formula is C15H17F2N5O3. The number of tetrazole rings is 1. The van der Waals surface area contributed by atoms with Crippen LogP contribution in [0.2, 0.25) is 0 Å². The molecule has 1 aliphatic heterocycles. The summed E-state index contributed by atoms with van der Waals surface area (Å²) in [6.45, 7) is 1.64. The highest BCUT2D eigenvalue weighted by atomic mass is 19.1. The first-order chi connectivity index (χ1) is 12.1. The van der Waals surface area contributed by atoms with Gasteiger partial charge in [-0.1, -0.05) is 6.92 Å². The number of fused-ring (bicyclic) bond motifs is 1. The summed E-state index contributed by atoms with van der Waals surface area (Å²) in [5, 5.41) is 7.27. The summed E-state index contributed by atoms with van der Waals surface area (Å²) >= 11 is 0. The van der Waals surface area contributed by atoms with Crippen LogP contribution in [-0.4, -0.2) is 45.5 Å². The zero-order valence-corrected chi connectivity index (χ0v) is 13.6. The van der Waals surface area contributed by atoms with E-state index in [1.165, 1.54) is 11.0 Å². The largest absolute Gasteiger partial charge is 0.481 e. The number of amides is 1. The fourth-order valence-electron chi connectivity index (χ4n) is 2.62. The monoisotopic (exact) mass is 353 g/mol. The van der Waals surface area contributed by atoms with Crippen LogP contribution < -0.4 is 15.3 Å². The molecule has 3 rings (SSSR count). The molecular weight excluding hydrogens is 336 g/mol. The van der Waals surface area contributed by atoms with Crippen LogP contribution in [0.1, 0.15) is 19.8 Å². The first-order valence-corrected chi connectivity index (χ1v) is 7.92. The molecule has 1 amide bonds. The number of ether oxygens (including phenoxy) is 1. The van der Waals surface area contributed by atoms with Crippen molar-refractivity contribution in [3.05, 3.63) is 28.4 Å². The molecule has 134 valence electrons. The molecule has 0 saturated heterocycles. The first-order valence-electron chi connectivity index (χ1n) is 7.92. The Morgan fingerprint density at radius 2 is 2.00 bits per heavy atom. The number of rotatable bonds is 6. The highest BCUT2D eigenvalue weighted by Crippen LogP contribution is 2.35. The van der Waals surface area contributed by atoms with Crippen molar-refractivity contribution in [2.24, 2.45) is 0 Å². The molecule has 0 radical (unpaired) electrons. The van der Waals surface area contributed by atoms with Gasteiger partial charge in [0.2, 0.25) is 0 Å². The number of hydrogen-bond donors (Lipinski definition) is 0. The number of aryl methyl sites for hydroxylation is 1. The Kier molecular flexibility index (Phi) is 4.77. The average Bonchev–Trinajstić information content (AvgIpc) is 2.96. The van der Waals surface area contributed by atoms with Crippen LogP contribution in [0.15, 0.2) is 16.9 Å². The van der Waals surface area contributed by atoms with Gasteiger partial charge in [0.05, 0.1) is 18.9 Å². The van der Waals surface area contributed by atoms with E-state index in [4.69, 9.17) is 4.74 Å². The van der Waals surface area contributed by atoms with Crippen molar-refractivity contribution in [3.8, 4) is 11.4 Å². The maximum absolute atomic E-state index is 14.4. The third-order valence-corrected chi connectivity index (χ3v) is 3.79. The predicted molar refractivity (Wildman–Crippen MR) is 84.3 cm³/mol. The molecule has 0 atom stereocenters. The number of nitrogens with zero attached hydrogens (tertiary/aromatic N) is 5. The van der Waals surface area contributed by atoms with Gasteiger partial charge in [-0.05, 0) is 29.3 Å². The van der Waals surface area contributed by atoms with Gasteiger partial charge in [0, 0.05) is 12.6 Å². The number of carbonyl (C=O) groups is 1. The molecule has 0 spiro atoms. The topological polar surface area (TPSA) is 82.2 Å². The standard InChI is InChI=1S/C15H17F2N5O3/c1-2-5-20-12-8-11(10(17)7-13(12)25-9-14(20)23)22-15(24)21(18-19-22)6-3-4-16/h7-8H,2-6,9H2,1H3. The van der Waals surface area contributed by atoms with E-state index in [0.717, 1.165) is 15.4 Å². The molecule has 0 bridgehead atoms. The minimum absolute atomic E-state index is 0.0471. The molecule has 0 fully saturated rings. The molecule has 0 aliphatic carbocycles. The molecule has 0 saturated carbocycles. The number of hydrogen-bond acceptors (Lipinski definition) is 5. The molecule has 2 heterocycles. The SMILES string of the molecule is CCCN1C(=O)COc2cc(F)c(-n3nnn(CCCF)c3=O)cc21. The maximum atomic E-state index is 14.4. The molecule has 8 nitrogen and oxygen atoms in total. The fourth-order valence-corrected chi connectivity index (χ4v) is 2.62. The van der Waals surface area contributed by atoms with Gasteiger partial charge in [-0.15, -0.1) is 0 Å². The third-order valence-electron chi connectivity index (χ3n) is 3.79. The van der Waals surface area contributed by atoms with Gasteiger partial charge in [-0.3, -0.25) is 9.18 Å². The van der Waals surface area contributed by atoms with Gasteiger partial charge in [0.25, 0.3) is 5.91 Å². The summed E-state index contributed by atoms with van der Waals surface area (Å²) in [4.78, 5) is 25.8. The number of halogens is 2. The zero-order chi connectivity index (χ0) is 18.0. The molecule has 10 heteroatoms. The van der Waals surface area contributed by atoms with Gasteiger partial charge in [0.1, 0.15) is 11.4 Å². The van der Waals surface area contributed by atoms with Gasteiger partial charge in [-0.25, -0.2) is 9.18 Å². The number of carbonyl (C=O) groups excluding carboxylic acids is 1. The number of anilines is 1. The van der Waals surface area contributed by atoms with E-state index in [1.807, 2.05) is 6.92 Å². The van der Waals surface area contributed by atoms with Crippen molar-refractivity contribution < 1.29 is 18.3 Å². The lowest BCUT2D eigenvalue weighted by molar-refractivity contribution is -0.121. The van der Waals surface area contributed by atoms with Crippen molar-refractivity contribution in [1.29, 1.82) is 0 Å². The summed E-state index contributed by atoms with van der Waals surface area (Å²) in [5.74, 6) is -0.748. The minimum Gasteiger partial charge on any atom is -0.481 e. The zero-order valence-electron chi connectivity index (χ0n) is 13.6. The summed E-state index contributed by atoms with van der Waals surface area (Å²) in [6, 6.07) is 2.46. The van der Waals surface area contributed by atoms with E-state index in [1.54, 1.807) is 0 Å². The van der Waals surface area contributed by atoms with Crippen LogP contribution in [-0.2, 0) is 11.3 Å². The first kappa shape index (κ1) is 17.1. The van der Waals surface area contributed by atoms with Gasteiger partial charge >= 0.3 is 5.69 Å². The van der Waals surface area contributed by atoms with E-state index in [-0.39, 0.29) is 36.9 Å². The Bertz CT molecular complexity index is 848. The summed E-state index contributed by atoms with van der Waals surface area (Å²) in [6.07, 6.45) is 0.815. The van der Waals surface area contributed by atoms with Crippen molar-refractivity contribution in [2.75, 3.05) is 24.7 Å². The third kappa shape index (κ3) is 3.11. The number of aromatic nitrogens is 4. The van der Waals surface area contributed by atoms with Crippen LogP contribution in [0.5, 0.6) is 5.75 Å². The van der Waals surface area contributed by atoms with Gasteiger partial charge < -0.3 is 9.64 Å². The van der Waals surface area contributed by atoms with E-state index >= 15 is 0 Å². The normalized spacial score (nSPS) is 13.7. The molecule has 0 unspecified atom stereocenters. The summed E-state index contributed by atoms with van der Waals surface area (Å²) in [7, 11) is 0. The smallest absolute Gasteiger partial charge is 0.368 e. The lowest BCUT2D eigenvalue weighted by atomic mass is 10.2. The Hall–Kier alpha value is -2.78.